The van der Waals surface area contributed by atoms with Gasteiger partial charge in [-0.1, -0.05) is 45.4 Å². The molecule has 2 aliphatic heterocycles. The van der Waals surface area contributed by atoms with Crippen molar-refractivity contribution in [2.75, 3.05) is 38.2 Å². The van der Waals surface area contributed by atoms with Crippen LogP contribution in [0.2, 0.25) is 0 Å². The van der Waals surface area contributed by atoms with Gasteiger partial charge in [0.05, 0.1) is 23.9 Å². The van der Waals surface area contributed by atoms with Gasteiger partial charge in [-0.15, -0.1) is 0 Å². The number of carbonyl (C=O) groups is 1. The lowest BCUT2D eigenvalue weighted by molar-refractivity contribution is -0.156. The van der Waals surface area contributed by atoms with Gasteiger partial charge in [0, 0.05) is 49.8 Å². The Hall–Kier alpha value is -2.97. The molecule has 1 atom stereocenters. The molecule has 8 heteroatoms. The highest BCUT2D eigenvalue weighted by atomic mass is 16.5. The number of ether oxygens (including phenoxy) is 2. The third-order valence-corrected chi connectivity index (χ3v) is 8.05. The van der Waals surface area contributed by atoms with Gasteiger partial charge in [0.15, 0.2) is 0 Å². The number of likely N-dealkylation sites (tertiary alicyclic amines) is 1. The van der Waals surface area contributed by atoms with Gasteiger partial charge in [-0.3, -0.25) is 9.58 Å². The third-order valence-electron chi connectivity index (χ3n) is 8.05. The van der Waals surface area contributed by atoms with Crippen LogP contribution in [0.3, 0.4) is 0 Å². The van der Waals surface area contributed by atoms with Gasteiger partial charge in [-0.2, -0.15) is 5.10 Å². The van der Waals surface area contributed by atoms with Crippen LogP contribution in [0.1, 0.15) is 81.9 Å². The van der Waals surface area contributed by atoms with Gasteiger partial charge in [-0.25, -0.2) is 9.78 Å². The summed E-state index contributed by atoms with van der Waals surface area (Å²) in [5, 5.41) is 9.33. The quantitative estimate of drug-likeness (QED) is 0.256. The molecule has 0 aliphatic carbocycles. The van der Waals surface area contributed by atoms with Gasteiger partial charge in [0.1, 0.15) is 11.9 Å². The predicted molar refractivity (Wildman–Crippen MR) is 159 cm³/mol. The number of hydrogen-bond acceptors (Lipinski definition) is 7. The van der Waals surface area contributed by atoms with E-state index in [1.165, 1.54) is 17.7 Å². The van der Waals surface area contributed by atoms with Crippen molar-refractivity contribution in [3.63, 3.8) is 0 Å². The number of nitrogens with one attached hydrogen (secondary N) is 1. The Balaban J connectivity index is 1.15. The highest BCUT2D eigenvalue weighted by Gasteiger charge is 2.40. The number of pyridine rings is 1. The van der Waals surface area contributed by atoms with E-state index in [1.54, 1.807) is 0 Å². The van der Waals surface area contributed by atoms with Crippen molar-refractivity contribution in [2.45, 2.75) is 83.8 Å². The lowest BCUT2D eigenvalue weighted by atomic mass is 9.86. The minimum atomic E-state index is -0.465. The Labute approximate surface area is 238 Å². The van der Waals surface area contributed by atoms with Crippen molar-refractivity contribution in [3.8, 4) is 0 Å². The summed E-state index contributed by atoms with van der Waals surface area (Å²) < 4.78 is 13.7. The third kappa shape index (κ3) is 6.18. The molecule has 2 aromatic heterocycles. The maximum absolute atomic E-state index is 13.3. The molecular formula is C32H45N5O3. The molecule has 0 radical (unpaired) electrons. The van der Waals surface area contributed by atoms with Crippen molar-refractivity contribution < 1.29 is 14.3 Å². The second-order valence-corrected chi connectivity index (χ2v) is 12.2. The number of hydrogen-bond donors (Lipinski definition) is 1. The van der Waals surface area contributed by atoms with E-state index in [1.807, 2.05) is 24.7 Å². The fraction of sp³-hybridized carbons (Fsp3) is 0.594. The van der Waals surface area contributed by atoms with Crippen molar-refractivity contribution >= 4 is 22.7 Å². The van der Waals surface area contributed by atoms with Crippen LogP contribution in [0.15, 0.2) is 30.3 Å². The number of carbonyl (C=O) groups excluding carboxylic acids is 1. The molecule has 0 amide bonds. The minimum absolute atomic E-state index is 0.139. The second kappa shape index (κ2) is 12.3. The van der Waals surface area contributed by atoms with E-state index in [0.717, 1.165) is 86.3 Å². The van der Waals surface area contributed by atoms with E-state index < -0.39 is 6.04 Å². The molecule has 5 rings (SSSR count). The van der Waals surface area contributed by atoms with Crippen LogP contribution in [0.25, 0.3) is 10.9 Å². The number of esters is 1. The van der Waals surface area contributed by atoms with E-state index in [4.69, 9.17) is 19.6 Å². The number of rotatable bonds is 11. The lowest BCUT2D eigenvalue weighted by Gasteiger charge is -2.43. The van der Waals surface area contributed by atoms with Crippen LogP contribution >= 0.6 is 0 Å². The standard InChI is InChI=1S/C32H45N5O3/c1-6-39-31(38)28(25-14-10-15-26-27(25)29(32(2,3)4)35-36(26)5)37-20-24(21-37)40-19-9-7-8-13-23-17-16-22-12-11-18-33-30(22)34-23/h10,14-17,24,28H,6-9,11-13,18-21H2,1-5H3,(H,33,34). The molecule has 1 saturated heterocycles. The number of nitrogens with zero attached hydrogens (tertiary/aromatic N) is 4. The van der Waals surface area contributed by atoms with E-state index in [-0.39, 0.29) is 17.5 Å². The lowest BCUT2D eigenvalue weighted by Crippen LogP contribution is -2.55. The largest absolute Gasteiger partial charge is 0.465 e. The summed E-state index contributed by atoms with van der Waals surface area (Å²) in [5.74, 6) is 0.875. The van der Waals surface area contributed by atoms with Crippen LogP contribution in [0, 0.1) is 0 Å². The summed E-state index contributed by atoms with van der Waals surface area (Å²) in [6.07, 6.45) is 6.72. The van der Waals surface area contributed by atoms with E-state index in [0.29, 0.717) is 6.61 Å². The number of anilines is 1. The van der Waals surface area contributed by atoms with Gasteiger partial charge in [0.2, 0.25) is 0 Å². The van der Waals surface area contributed by atoms with Crippen LogP contribution in [-0.4, -0.2) is 64.6 Å². The summed E-state index contributed by atoms with van der Waals surface area (Å²) >= 11 is 0. The molecule has 1 aromatic carbocycles. The van der Waals surface area contributed by atoms with Crippen LogP contribution in [-0.2, 0) is 39.6 Å². The zero-order chi connectivity index (χ0) is 28.3. The second-order valence-electron chi connectivity index (χ2n) is 12.2. The molecule has 0 saturated carbocycles. The molecule has 4 heterocycles. The highest BCUT2D eigenvalue weighted by Crippen LogP contribution is 2.38. The number of aryl methyl sites for hydroxylation is 3. The fourth-order valence-electron chi connectivity index (χ4n) is 5.91. The summed E-state index contributed by atoms with van der Waals surface area (Å²) in [5.41, 5.74) is 5.37. The van der Waals surface area contributed by atoms with Crippen molar-refractivity contribution in [2.24, 2.45) is 7.05 Å². The van der Waals surface area contributed by atoms with Gasteiger partial charge in [0.25, 0.3) is 0 Å². The monoisotopic (exact) mass is 547 g/mol. The summed E-state index contributed by atoms with van der Waals surface area (Å²) in [4.78, 5) is 20.3. The first-order valence-electron chi connectivity index (χ1n) is 15.0. The zero-order valence-electron chi connectivity index (χ0n) is 24.8. The maximum atomic E-state index is 13.3. The summed E-state index contributed by atoms with van der Waals surface area (Å²) in [6.45, 7) is 11.9. The number of fused-ring (bicyclic) bond motifs is 2. The molecule has 0 spiro atoms. The molecule has 1 unspecified atom stereocenters. The van der Waals surface area contributed by atoms with E-state index in [9.17, 15) is 4.79 Å². The Morgan fingerprint density at radius 3 is 2.75 bits per heavy atom. The Kier molecular flexibility index (Phi) is 8.76. The summed E-state index contributed by atoms with van der Waals surface area (Å²) in [7, 11) is 1.97. The van der Waals surface area contributed by atoms with Gasteiger partial charge in [-0.05, 0) is 62.3 Å². The predicted octanol–water partition coefficient (Wildman–Crippen LogP) is 5.34. The molecule has 8 nitrogen and oxygen atoms in total. The SMILES string of the molecule is CCOC(=O)C(c1cccc2c1c(C(C)(C)C)nn2C)N1CC(OCCCCCc2ccc3c(n2)NCCC3)C1. The van der Waals surface area contributed by atoms with Gasteiger partial charge >= 0.3 is 5.97 Å². The normalized spacial score (nSPS) is 16.8. The van der Waals surface area contributed by atoms with Gasteiger partial charge < -0.3 is 14.8 Å². The van der Waals surface area contributed by atoms with Crippen molar-refractivity contribution in [1.82, 2.24) is 19.7 Å². The number of aromatic nitrogens is 3. The smallest absolute Gasteiger partial charge is 0.328 e. The molecule has 216 valence electrons. The zero-order valence-corrected chi connectivity index (χ0v) is 24.8. The Bertz CT molecular complexity index is 1320. The maximum Gasteiger partial charge on any atom is 0.328 e. The molecule has 2 aliphatic rings. The molecule has 1 N–H and O–H groups in total. The first-order valence-corrected chi connectivity index (χ1v) is 15.0. The molecule has 1 fully saturated rings. The first-order chi connectivity index (χ1) is 19.3. The summed E-state index contributed by atoms with van der Waals surface area (Å²) in [6, 6.07) is 10.1. The molecule has 3 aromatic rings. The topological polar surface area (TPSA) is 81.5 Å². The number of benzene rings is 1. The van der Waals surface area contributed by atoms with E-state index in [2.05, 4.69) is 55.3 Å². The average molecular weight is 548 g/mol. The van der Waals surface area contributed by atoms with Crippen LogP contribution in [0.4, 0.5) is 5.82 Å². The molecule has 0 bridgehead atoms. The van der Waals surface area contributed by atoms with E-state index >= 15 is 0 Å². The highest BCUT2D eigenvalue weighted by molar-refractivity contribution is 5.91. The Morgan fingerprint density at radius 1 is 1.15 bits per heavy atom. The number of unbranched alkanes of at least 4 members (excludes halogenated alkanes) is 2. The molecule has 40 heavy (non-hydrogen) atoms. The Morgan fingerprint density at radius 2 is 1.98 bits per heavy atom. The van der Waals surface area contributed by atoms with Crippen molar-refractivity contribution in [1.29, 1.82) is 0 Å². The van der Waals surface area contributed by atoms with Crippen molar-refractivity contribution in [3.05, 3.63) is 52.8 Å². The van der Waals surface area contributed by atoms with Crippen LogP contribution < -0.4 is 5.32 Å². The van der Waals surface area contributed by atoms with Crippen LogP contribution in [0.5, 0.6) is 0 Å². The minimum Gasteiger partial charge on any atom is -0.465 e. The average Bonchev–Trinajstić information content (AvgIpc) is 3.26. The molecular weight excluding hydrogens is 502 g/mol. The first kappa shape index (κ1) is 28.6. The fourth-order valence-corrected chi connectivity index (χ4v) is 5.91.